The van der Waals surface area contributed by atoms with Crippen LogP contribution in [0.2, 0.25) is 0 Å². The summed E-state index contributed by atoms with van der Waals surface area (Å²) in [5.41, 5.74) is 1.61. The molecule has 0 saturated carbocycles. The van der Waals surface area contributed by atoms with Crippen LogP contribution in [0.4, 0.5) is 0 Å². The average molecular weight is 319 g/mol. The fourth-order valence-electron chi connectivity index (χ4n) is 2.71. The van der Waals surface area contributed by atoms with Crippen LogP contribution < -0.4 is 10.3 Å². The Labute approximate surface area is 140 Å². The van der Waals surface area contributed by atoms with Gasteiger partial charge in [0, 0.05) is 13.1 Å². The van der Waals surface area contributed by atoms with E-state index in [1.54, 1.807) is 16.8 Å². The van der Waals surface area contributed by atoms with Gasteiger partial charge in [0.05, 0.1) is 6.04 Å². The lowest BCUT2D eigenvalue weighted by Crippen LogP contribution is -2.27. The van der Waals surface area contributed by atoms with E-state index in [-0.39, 0.29) is 17.4 Å². The van der Waals surface area contributed by atoms with Gasteiger partial charge in [-0.05, 0) is 23.3 Å². The van der Waals surface area contributed by atoms with Gasteiger partial charge in [-0.2, -0.15) is 0 Å². The SMILES string of the molecule is CC(=O)Oc1cccn(C(c2ccccc2)c2ccccc2)c1=O. The van der Waals surface area contributed by atoms with Gasteiger partial charge in [-0.1, -0.05) is 60.7 Å². The molecule has 120 valence electrons. The quantitative estimate of drug-likeness (QED) is 0.692. The minimum Gasteiger partial charge on any atom is -0.421 e. The van der Waals surface area contributed by atoms with E-state index in [2.05, 4.69) is 0 Å². The highest BCUT2D eigenvalue weighted by molar-refractivity contribution is 5.69. The van der Waals surface area contributed by atoms with Crippen LogP contribution in [0.1, 0.15) is 24.1 Å². The fourth-order valence-corrected chi connectivity index (χ4v) is 2.71. The predicted molar refractivity (Wildman–Crippen MR) is 92.1 cm³/mol. The highest BCUT2D eigenvalue weighted by atomic mass is 16.5. The van der Waals surface area contributed by atoms with Crippen molar-refractivity contribution in [2.45, 2.75) is 13.0 Å². The summed E-state index contributed by atoms with van der Waals surface area (Å²) in [6, 6.07) is 22.4. The van der Waals surface area contributed by atoms with Gasteiger partial charge in [0.15, 0.2) is 5.75 Å². The van der Waals surface area contributed by atoms with E-state index in [0.717, 1.165) is 11.1 Å². The van der Waals surface area contributed by atoms with Gasteiger partial charge in [0.2, 0.25) is 0 Å². The highest BCUT2D eigenvalue weighted by Gasteiger charge is 2.19. The van der Waals surface area contributed by atoms with E-state index < -0.39 is 5.97 Å². The maximum absolute atomic E-state index is 12.8. The van der Waals surface area contributed by atoms with Gasteiger partial charge >= 0.3 is 5.97 Å². The summed E-state index contributed by atoms with van der Waals surface area (Å²) in [6.45, 7) is 1.28. The summed E-state index contributed by atoms with van der Waals surface area (Å²) < 4.78 is 6.62. The van der Waals surface area contributed by atoms with E-state index in [1.165, 1.54) is 13.0 Å². The molecule has 0 unspecified atom stereocenters. The molecule has 1 heterocycles. The smallest absolute Gasteiger partial charge is 0.308 e. The lowest BCUT2D eigenvalue weighted by Gasteiger charge is -2.21. The Hall–Kier alpha value is -3.14. The fraction of sp³-hybridized carbons (Fsp3) is 0.100. The number of hydrogen-bond donors (Lipinski definition) is 0. The van der Waals surface area contributed by atoms with Gasteiger partial charge in [-0.15, -0.1) is 0 Å². The summed E-state index contributed by atoms with van der Waals surface area (Å²) >= 11 is 0. The molecule has 4 nitrogen and oxygen atoms in total. The van der Waals surface area contributed by atoms with E-state index >= 15 is 0 Å². The normalized spacial score (nSPS) is 10.6. The molecule has 0 saturated heterocycles. The van der Waals surface area contributed by atoms with Gasteiger partial charge in [0.25, 0.3) is 5.56 Å². The van der Waals surface area contributed by atoms with Crippen LogP contribution in [0.25, 0.3) is 0 Å². The number of benzene rings is 2. The molecule has 0 radical (unpaired) electrons. The first-order valence-corrected chi connectivity index (χ1v) is 7.66. The molecule has 24 heavy (non-hydrogen) atoms. The van der Waals surface area contributed by atoms with Gasteiger partial charge < -0.3 is 9.30 Å². The summed E-state index contributed by atoms with van der Waals surface area (Å²) in [5, 5.41) is 0. The van der Waals surface area contributed by atoms with Crippen molar-refractivity contribution in [3.63, 3.8) is 0 Å². The Morgan fingerprint density at radius 3 is 1.92 bits per heavy atom. The number of aromatic nitrogens is 1. The maximum Gasteiger partial charge on any atom is 0.308 e. The van der Waals surface area contributed by atoms with E-state index in [0.29, 0.717) is 0 Å². The van der Waals surface area contributed by atoms with Gasteiger partial charge in [-0.25, -0.2) is 0 Å². The maximum atomic E-state index is 12.8. The van der Waals surface area contributed by atoms with Crippen LogP contribution in [-0.4, -0.2) is 10.5 Å². The third-order valence-corrected chi connectivity index (χ3v) is 3.70. The molecule has 1 aromatic heterocycles. The summed E-state index contributed by atoms with van der Waals surface area (Å²) in [6.07, 6.45) is 1.71. The highest BCUT2D eigenvalue weighted by Crippen LogP contribution is 2.25. The minimum atomic E-state index is -0.513. The average Bonchev–Trinajstić information content (AvgIpc) is 2.60. The molecule has 3 rings (SSSR count). The first-order valence-electron chi connectivity index (χ1n) is 7.66. The Kier molecular flexibility index (Phi) is 4.57. The molecule has 0 aliphatic rings. The largest absolute Gasteiger partial charge is 0.421 e. The van der Waals surface area contributed by atoms with Crippen LogP contribution in [0.15, 0.2) is 83.8 Å². The van der Waals surface area contributed by atoms with Gasteiger partial charge in [0.1, 0.15) is 0 Å². The number of nitrogens with zero attached hydrogens (tertiary/aromatic N) is 1. The number of hydrogen-bond acceptors (Lipinski definition) is 3. The molecular formula is C20H17NO3. The van der Waals surface area contributed by atoms with Crippen molar-refractivity contribution in [3.05, 3.63) is 100 Å². The zero-order valence-corrected chi connectivity index (χ0v) is 13.3. The van der Waals surface area contributed by atoms with Crippen LogP contribution in [0.3, 0.4) is 0 Å². The number of ether oxygens (including phenoxy) is 1. The zero-order valence-electron chi connectivity index (χ0n) is 13.3. The number of carbonyl (C=O) groups is 1. The number of rotatable bonds is 4. The monoisotopic (exact) mass is 319 g/mol. The second-order valence-corrected chi connectivity index (χ2v) is 5.40. The molecule has 0 bridgehead atoms. The molecular weight excluding hydrogens is 302 g/mol. The number of carbonyl (C=O) groups excluding carboxylic acids is 1. The van der Waals surface area contributed by atoms with Gasteiger partial charge in [-0.3, -0.25) is 9.59 Å². The van der Waals surface area contributed by atoms with Crippen LogP contribution >= 0.6 is 0 Å². The summed E-state index contributed by atoms with van der Waals surface area (Å²) in [7, 11) is 0. The molecule has 0 fully saturated rings. The van der Waals surface area contributed by atoms with Crippen molar-refractivity contribution in [3.8, 4) is 5.75 Å². The molecule has 0 atom stereocenters. The van der Waals surface area contributed by atoms with E-state index in [9.17, 15) is 9.59 Å². The predicted octanol–water partition coefficient (Wildman–Crippen LogP) is 3.41. The number of esters is 1. The molecule has 0 aliphatic carbocycles. The first kappa shape index (κ1) is 15.7. The summed E-state index contributed by atoms with van der Waals surface area (Å²) in [5.74, 6) is -0.484. The van der Waals surface area contributed by atoms with Crippen molar-refractivity contribution in [1.29, 1.82) is 0 Å². The molecule has 0 spiro atoms. The van der Waals surface area contributed by atoms with Crippen molar-refractivity contribution in [1.82, 2.24) is 4.57 Å². The van der Waals surface area contributed by atoms with Crippen LogP contribution in [-0.2, 0) is 4.79 Å². The molecule has 2 aromatic carbocycles. The van der Waals surface area contributed by atoms with Crippen LogP contribution in [0, 0.1) is 0 Å². The topological polar surface area (TPSA) is 48.3 Å². The molecule has 3 aromatic rings. The van der Waals surface area contributed by atoms with Crippen molar-refractivity contribution in [2.24, 2.45) is 0 Å². The van der Waals surface area contributed by atoms with Crippen molar-refractivity contribution in [2.75, 3.05) is 0 Å². The molecule has 0 aliphatic heterocycles. The molecule has 0 N–H and O–H groups in total. The Balaban J connectivity index is 2.17. The number of pyridine rings is 1. The molecule has 4 heteroatoms. The summed E-state index contributed by atoms with van der Waals surface area (Å²) in [4.78, 5) is 24.0. The Bertz CT molecular complexity index is 846. The van der Waals surface area contributed by atoms with E-state index in [4.69, 9.17) is 4.74 Å². The second-order valence-electron chi connectivity index (χ2n) is 5.40. The Morgan fingerprint density at radius 1 is 0.875 bits per heavy atom. The van der Waals surface area contributed by atoms with E-state index in [1.807, 2.05) is 60.7 Å². The molecule has 0 amide bonds. The first-order chi connectivity index (χ1) is 11.7. The minimum absolute atomic E-state index is 0.0295. The third-order valence-electron chi connectivity index (χ3n) is 3.70. The third kappa shape index (κ3) is 3.27. The van der Waals surface area contributed by atoms with Crippen molar-refractivity contribution >= 4 is 5.97 Å². The van der Waals surface area contributed by atoms with Crippen LogP contribution in [0.5, 0.6) is 5.75 Å². The zero-order chi connectivity index (χ0) is 16.9. The van der Waals surface area contributed by atoms with Crippen molar-refractivity contribution < 1.29 is 9.53 Å². The standard InChI is InChI=1S/C20H17NO3/c1-15(22)24-18-13-8-14-21(20(18)23)19(16-9-4-2-5-10-16)17-11-6-3-7-12-17/h2-14,19H,1H3. The lowest BCUT2D eigenvalue weighted by atomic mass is 9.98. The second kappa shape index (κ2) is 6.96. The lowest BCUT2D eigenvalue weighted by molar-refractivity contribution is -0.132. The Morgan fingerprint density at radius 2 is 1.42 bits per heavy atom.